The molecular weight excluding hydrogens is 100 g/mol. The summed E-state index contributed by atoms with van der Waals surface area (Å²) in [5.41, 5.74) is 1.34. The van der Waals surface area contributed by atoms with Gasteiger partial charge in [-0.2, -0.15) is 0 Å². The van der Waals surface area contributed by atoms with Gasteiger partial charge in [0, 0.05) is 7.11 Å². The summed E-state index contributed by atoms with van der Waals surface area (Å²) in [4.78, 5) is 0. The average Bonchev–Trinajstić information content (AvgIpc) is 2.14. The highest BCUT2D eigenvalue weighted by molar-refractivity contribution is 5.02. The maximum atomic E-state index is 5.12. The smallest absolute Gasteiger partial charge is 0.0611 e. The third-order valence-corrected chi connectivity index (χ3v) is 1.67. The Labute approximate surface area is 50.3 Å². The van der Waals surface area contributed by atoms with Gasteiger partial charge >= 0.3 is 0 Å². The van der Waals surface area contributed by atoms with Crippen molar-refractivity contribution in [1.82, 2.24) is 0 Å². The Morgan fingerprint density at radius 1 is 1.75 bits per heavy atom. The Bertz CT molecular complexity index is 96.6. The number of ether oxygens (including phenoxy) is 1. The van der Waals surface area contributed by atoms with Crippen LogP contribution in [-0.2, 0) is 4.74 Å². The summed E-state index contributed by atoms with van der Waals surface area (Å²) in [6.45, 7) is 3.87. The standard InChI is InChI=1S/C7H12O/c1-6-3-4-7(5-6)8-2/h7H,1,3-5H2,2H3. The van der Waals surface area contributed by atoms with Gasteiger partial charge in [-0.3, -0.25) is 0 Å². The highest BCUT2D eigenvalue weighted by Gasteiger charge is 2.15. The van der Waals surface area contributed by atoms with Crippen molar-refractivity contribution in [2.45, 2.75) is 25.4 Å². The fourth-order valence-electron chi connectivity index (χ4n) is 1.09. The molecule has 1 atom stereocenters. The van der Waals surface area contributed by atoms with Crippen LogP contribution >= 0.6 is 0 Å². The molecule has 8 heavy (non-hydrogen) atoms. The molecular formula is C7H12O. The summed E-state index contributed by atoms with van der Waals surface area (Å²) in [5.74, 6) is 0. The summed E-state index contributed by atoms with van der Waals surface area (Å²) >= 11 is 0. The fourth-order valence-corrected chi connectivity index (χ4v) is 1.09. The lowest BCUT2D eigenvalue weighted by Gasteiger charge is -2.02. The van der Waals surface area contributed by atoms with Crippen molar-refractivity contribution in [3.8, 4) is 0 Å². The first kappa shape index (κ1) is 5.83. The Morgan fingerprint density at radius 2 is 2.50 bits per heavy atom. The molecule has 0 aromatic carbocycles. The van der Waals surface area contributed by atoms with Crippen LogP contribution in [0.15, 0.2) is 12.2 Å². The molecule has 0 aromatic heterocycles. The number of rotatable bonds is 1. The molecule has 1 rings (SSSR count). The lowest BCUT2D eigenvalue weighted by Crippen LogP contribution is -2.01. The van der Waals surface area contributed by atoms with Crippen molar-refractivity contribution in [3.05, 3.63) is 12.2 Å². The molecule has 46 valence electrons. The zero-order valence-electron chi connectivity index (χ0n) is 5.31. The molecule has 0 amide bonds. The Kier molecular flexibility index (Phi) is 1.69. The van der Waals surface area contributed by atoms with Gasteiger partial charge in [0.1, 0.15) is 0 Å². The first-order valence-corrected chi connectivity index (χ1v) is 3.02. The SMILES string of the molecule is C=C1CCC(OC)C1. The van der Waals surface area contributed by atoms with Crippen molar-refractivity contribution in [3.63, 3.8) is 0 Å². The largest absolute Gasteiger partial charge is 0.381 e. The van der Waals surface area contributed by atoms with Gasteiger partial charge in [0.05, 0.1) is 6.10 Å². The first-order chi connectivity index (χ1) is 3.83. The third-order valence-electron chi connectivity index (χ3n) is 1.67. The molecule has 1 saturated carbocycles. The Morgan fingerprint density at radius 3 is 2.75 bits per heavy atom. The van der Waals surface area contributed by atoms with Gasteiger partial charge in [0.15, 0.2) is 0 Å². The van der Waals surface area contributed by atoms with Gasteiger partial charge in [-0.1, -0.05) is 12.2 Å². The minimum absolute atomic E-state index is 0.475. The van der Waals surface area contributed by atoms with Gasteiger partial charge < -0.3 is 4.74 Å². The average molecular weight is 112 g/mol. The highest BCUT2D eigenvalue weighted by atomic mass is 16.5. The van der Waals surface area contributed by atoms with Crippen molar-refractivity contribution in [2.24, 2.45) is 0 Å². The van der Waals surface area contributed by atoms with Crippen LogP contribution in [-0.4, -0.2) is 13.2 Å². The van der Waals surface area contributed by atoms with E-state index in [1.165, 1.54) is 18.4 Å². The molecule has 0 heterocycles. The van der Waals surface area contributed by atoms with E-state index >= 15 is 0 Å². The molecule has 1 aliphatic carbocycles. The van der Waals surface area contributed by atoms with E-state index in [0.717, 1.165) is 6.42 Å². The van der Waals surface area contributed by atoms with E-state index in [4.69, 9.17) is 4.74 Å². The second-order valence-electron chi connectivity index (χ2n) is 2.35. The molecule has 1 heteroatoms. The topological polar surface area (TPSA) is 9.23 Å². The Balaban J connectivity index is 2.32. The molecule has 0 aromatic rings. The minimum atomic E-state index is 0.475. The van der Waals surface area contributed by atoms with Crippen LogP contribution in [0.1, 0.15) is 19.3 Å². The van der Waals surface area contributed by atoms with Gasteiger partial charge in [0.2, 0.25) is 0 Å². The molecule has 1 aliphatic rings. The van der Waals surface area contributed by atoms with E-state index in [0.29, 0.717) is 6.10 Å². The van der Waals surface area contributed by atoms with Crippen LogP contribution in [0.2, 0.25) is 0 Å². The van der Waals surface area contributed by atoms with Crippen molar-refractivity contribution in [1.29, 1.82) is 0 Å². The lowest BCUT2D eigenvalue weighted by atomic mass is 10.3. The fraction of sp³-hybridized carbons (Fsp3) is 0.714. The monoisotopic (exact) mass is 112 g/mol. The van der Waals surface area contributed by atoms with Crippen LogP contribution in [0, 0.1) is 0 Å². The zero-order chi connectivity index (χ0) is 5.98. The normalized spacial score (nSPS) is 29.1. The van der Waals surface area contributed by atoms with Crippen LogP contribution < -0.4 is 0 Å². The summed E-state index contributed by atoms with van der Waals surface area (Å²) in [6, 6.07) is 0. The van der Waals surface area contributed by atoms with Gasteiger partial charge in [-0.25, -0.2) is 0 Å². The van der Waals surface area contributed by atoms with Crippen LogP contribution in [0.3, 0.4) is 0 Å². The van der Waals surface area contributed by atoms with Crippen LogP contribution in [0.25, 0.3) is 0 Å². The number of hydrogen-bond donors (Lipinski definition) is 0. The van der Waals surface area contributed by atoms with Crippen LogP contribution in [0.4, 0.5) is 0 Å². The molecule has 0 radical (unpaired) electrons. The summed E-state index contributed by atoms with van der Waals surface area (Å²) in [7, 11) is 1.77. The van der Waals surface area contributed by atoms with Crippen molar-refractivity contribution >= 4 is 0 Å². The Hall–Kier alpha value is -0.300. The van der Waals surface area contributed by atoms with Crippen molar-refractivity contribution in [2.75, 3.05) is 7.11 Å². The van der Waals surface area contributed by atoms with E-state index in [-0.39, 0.29) is 0 Å². The molecule has 1 fully saturated rings. The molecule has 1 nitrogen and oxygen atoms in total. The van der Waals surface area contributed by atoms with E-state index in [2.05, 4.69) is 6.58 Å². The predicted octanol–water partition coefficient (Wildman–Crippen LogP) is 1.74. The maximum absolute atomic E-state index is 5.12. The van der Waals surface area contributed by atoms with Gasteiger partial charge in [-0.15, -0.1) is 0 Å². The summed E-state index contributed by atoms with van der Waals surface area (Å²) in [5, 5.41) is 0. The minimum Gasteiger partial charge on any atom is -0.381 e. The lowest BCUT2D eigenvalue weighted by molar-refractivity contribution is 0.111. The van der Waals surface area contributed by atoms with E-state index in [1.54, 1.807) is 7.11 Å². The molecule has 1 unspecified atom stereocenters. The van der Waals surface area contributed by atoms with E-state index in [1.807, 2.05) is 0 Å². The molecule has 0 aliphatic heterocycles. The summed E-state index contributed by atoms with van der Waals surface area (Å²) < 4.78 is 5.12. The zero-order valence-corrected chi connectivity index (χ0v) is 5.31. The van der Waals surface area contributed by atoms with E-state index < -0.39 is 0 Å². The summed E-state index contributed by atoms with van der Waals surface area (Å²) in [6.07, 6.45) is 3.90. The number of methoxy groups -OCH3 is 1. The molecule has 0 saturated heterocycles. The molecule has 0 spiro atoms. The first-order valence-electron chi connectivity index (χ1n) is 3.02. The van der Waals surface area contributed by atoms with Crippen molar-refractivity contribution < 1.29 is 4.74 Å². The maximum Gasteiger partial charge on any atom is 0.0611 e. The quantitative estimate of drug-likeness (QED) is 0.469. The highest BCUT2D eigenvalue weighted by Crippen LogP contribution is 2.24. The molecule has 0 N–H and O–H groups in total. The van der Waals surface area contributed by atoms with Gasteiger partial charge in [0.25, 0.3) is 0 Å². The third kappa shape index (κ3) is 1.10. The van der Waals surface area contributed by atoms with Gasteiger partial charge in [-0.05, 0) is 19.3 Å². The predicted molar refractivity (Wildman–Crippen MR) is 33.8 cm³/mol. The second-order valence-corrected chi connectivity index (χ2v) is 2.35. The van der Waals surface area contributed by atoms with E-state index in [9.17, 15) is 0 Å². The number of hydrogen-bond acceptors (Lipinski definition) is 1. The second kappa shape index (κ2) is 2.31. The van der Waals surface area contributed by atoms with Crippen LogP contribution in [0.5, 0.6) is 0 Å². The molecule has 0 bridgehead atoms.